The Labute approximate surface area is 184 Å². The van der Waals surface area contributed by atoms with Gasteiger partial charge in [-0.25, -0.2) is 4.98 Å². The van der Waals surface area contributed by atoms with Crippen molar-refractivity contribution in [2.24, 2.45) is 4.99 Å². The highest BCUT2D eigenvalue weighted by atomic mass is 127. The van der Waals surface area contributed by atoms with Crippen LogP contribution in [0, 0.1) is 6.92 Å². The molecule has 0 atom stereocenters. The molecule has 0 aliphatic rings. The van der Waals surface area contributed by atoms with E-state index in [1.807, 2.05) is 37.4 Å². The predicted octanol–water partition coefficient (Wildman–Crippen LogP) is 3.78. The van der Waals surface area contributed by atoms with Crippen LogP contribution < -0.4 is 16.0 Å². The average Bonchev–Trinajstić information content (AvgIpc) is 3.34. The van der Waals surface area contributed by atoms with Gasteiger partial charge in [0.1, 0.15) is 5.01 Å². The molecule has 3 N–H and O–H groups in total. The standard InChI is InChI=1S/C19H21N5O2S.HI/c1-13-10-21-17(27-13)12-23-19(20-2)22-11-14-5-3-6-15(9-14)24-18(25)16-7-4-8-26-16;/h3-10H,11-12H2,1-2H3,(H,24,25)(H2,20,22,23);1H. The molecule has 1 aromatic carbocycles. The van der Waals surface area contributed by atoms with Gasteiger partial charge in [0.05, 0.1) is 12.8 Å². The maximum Gasteiger partial charge on any atom is 0.291 e. The van der Waals surface area contributed by atoms with Gasteiger partial charge in [-0.05, 0) is 36.8 Å². The Morgan fingerprint density at radius 3 is 2.71 bits per heavy atom. The third kappa shape index (κ3) is 6.34. The van der Waals surface area contributed by atoms with Gasteiger partial charge >= 0.3 is 0 Å². The number of halogens is 1. The first-order chi connectivity index (χ1) is 13.1. The van der Waals surface area contributed by atoms with Crippen molar-refractivity contribution >= 4 is 52.9 Å². The van der Waals surface area contributed by atoms with E-state index in [4.69, 9.17) is 4.42 Å². The summed E-state index contributed by atoms with van der Waals surface area (Å²) in [6.07, 6.45) is 3.33. The monoisotopic (exact) mass is 511 g/mol. The summed E-state index contributed by atoms with van der Waals surface area (Å²) in [7, 11) is 1.72. The number of carbonyl (C=O) groups excluding carboxylic acids is 1. The van der Waals surface area contributed by atoms with Crippen LogP contribution in [-0.2, 0) is 13.1 Å². The maximum atomic E-state index is 12.1. The molecule has 0 bridgehead atoms. The number of hydrogen-bond donors (Lipinski definition) is 3. The topological polar surface area (TPSA) is 91.5 Å². The van der Waals surface area contributed by atoms with Crippen LogP contribution in [0.2, 0.25) is 0 Å². The number of aromatic nitrogens is 1. The number of guanidine groups is 1. The predicted molar refractivity (Wildman–Crippen MR) is 122 cm³/mol. The summed E-state index contributed by atoms with van der Waals surface area (Å²) in [4.78, 5) is 21.8. The van der Waals surface area contributed by atoms with Crippen molar-refractivity contribution in [1.29, 1.82) is 0 Å². The average molecular weight is 511 g/mol. The molecular formula is C19H22IN5O2S. The number of anilines is 1. The molecular weight excluding hydrogens is 489 g/mol. The fourth-order valence-electron chi connectivity index (χ4n) is 2.41. The lowest BCUT2D eigenvalue weighted by atomic mass is 10.2. The Morgan fingerprint density at radius 1 is 1.21 bits per heavy atom. The largest absolute Gasteiger partial charge is 0.459 e. The fourth-order valence-corrected chi connectivity index (χ4v) is 3.14. The lowest BCUT2D eigenvalue weighted by Crippen LogP contribution is -2.36. The van der Waals surface area contributed by atoms with Crippen molar-refractivity contribution in [1.82, 2.24) is 15.6 Å². The number of thiazole rings is 1. The minimum Gasteiger partial charge on any atom is -0.459 e. The highest BCUT2D eigenvalue weighted by Gasteiger charge is 2.09. The lowest BCUT2D eigenvalue weighted by Gasteiger charge is -2.12. The molecule has 0 unspecified atom stereocenters. The van der Waals surface area contributed by atoms with Crippen LogP contribution in [-0.4, -0.2) is 23.9 Å². The number of benzene rings is 1. The van der Waals surface area contributed by atoms with Crippen molar-refractivity contribution in [2.45, 2.75) is 20.0 Å². The smallest absolute Gasteiger partial charge is 0.291 e. The third-order valence-electron chi connectivity index (χ3n) is 3.69. The first-order valence-corrected chi connectivity index (χ1v) is 9.25. The maximum absolute atomic E-state index is 12.1. The Bertz CT molecular complexity index is 924. The van der Waals surface area contributed by atoms with Crippen LogP contribution >= 0.6 is 35.3 Å². The van der Waals surface area contributed by atoms with Crippen LogP contribution in [0.3, 0.4) is 0 Å². The van der Waals surface area contributed by atoms with Gasteiger partial charge < -0.3 is 20.4 Å². The van der Waals surface area contributed by atoms with E-state index in [1.54, 1.807) is 30.5 Å². The van der Waals surface area contributed by atoms with E-state index in [9.17, 15) is 4.79 Å². The van der Waals surface area contributed by atoms with Crippen LogP contribution in [0.5, 0.6) is 0 Å². The molecule has 0 aliphatic carbocycles. The molecule has 148 valence electrons. The Hall–Kier alpha value is -2.40. The molecule has 0 saturated heterocycles. The van der Waals surface area contributed by atoms with Crippen LogP contribution in [0.15, 0.2) is 58.3 Å². The molecule has 7 nitrogen and oxygen atoms in total. The van der Waals surface area contributed by atoms with Gasteiger partial charge in [0, 0.05) is 30.4 Å². The van der Waals surface area contributed by atoms with Crippen molar-refractivity contribution in [3.8, 4) is 0 Å². The third-order valence-corrected chi connectivity index (χ3v) is 4.60. The van der Waals surface area contributed by atoms with E-state index >= 15 is 0 Å². The van der Waals surface area contributed by atoms with Gasteiger partial charge in [0.25, 0.3) is 5.91 Å². The van der Waals surface area contributed by atoms with E-state index in [2.05, 4.69) is 25.9 Å². The molecule has 0 aliphatic heterocycles. The molecule has 0 saturated carbocycles. The first-order valence-electron chi connectivity index (χ1n) is 8.43. The van der Waals surface area contributed by atoms with E-state index in [0.717, 1.165) is 10.6 Å². The number of amides is 1. The fraction of sp³-hybridized carbons (Fsp3) is 0.211. The SMILES string of the molecule is CN=C(NCc1cccc(NC(=O)c2ccco2)c1)NCc1ncc(C)s1.I. The van der Waals surface area contributed by atoms with Gasteiger partial charge in [-0.3, -0.25) is 9.79 Å². The zero-order chi connectivity index (χ0) is 19.1. The summed E-state index contributed by atoms with van der Waals surface area (Å²) in [6.45, 7) is 3.23. The van der Waals surface area contributed by atoms with Gasteiger partial charge in [-0.2, -0.15) is 0 Å². The Morgan fingerprint density at radius 2 is 2.04 bits per heavy atom. The highest BCUT2D eigenvalue weighted by molar-refractivity contribution is 14.0. The molecule has 0 radical (unpaired) electrons. The zero-order valence-electron chi connectivity index (χ0n) is 15.6. The van der Waals surface area contributed by atoms with E-state index < -0.39 is 0 Å². The molecule has 3 rings (SSSR count). The number of aryl methyl sites for hydroxylation is 1. The van der Waals surface area contributed by atoms with Crippen LogP contribution in [0.25, 0.3) is 0 Å². The quantitative estimate of drug-likeness (QED) is 0.266. The second-order valence-electron chi connectivity index (χ2n) is 5.78. The van der Waals surface area contributed by atoms with E-state index in [-0.39, 0.29) is 35.6 Å². The Kier molecular flexibility index (Phi) is 8.45. The molecule has 0 spiro atoms. The zero-order valence-corrected chi connectivity index (χ0v) is 18.7. The van der Waals surface area contributed by atoms with E-state index in [0.29, 0.717) is 24.7 Å². The van der Waals surface area contributed by atoms with Crippen molar-refractivity contribution < 1.29 is 9.21 Å². The summed E-state index contributed by atoms with van der Waals surface area (Å²) in [5, 5.41) is 10.3. The second kappa shape index (κ2) is 10.8. The lowest BCUT2D eigenvalue weighted by molar-refractivity contribution is 0.0996. The van der Waals surface area contributed by atoms with Crippen LogP contribution in [0.1, 0.15) is 26.0 Å². The minimum atomic E-state index is -0.277. The number of hydrogen-bond acceptors (Lipinski definition) is 5. The number of rotatable bonds is 6. The molecule has 28 heavy (non-hydrogen) atoms. The summed E-state index contributed by atoms with van der Waals surface area (Å²) in [5.41, 5.74) is 1.72. The minimum absolute atomic E-state index is 0. The number of carbonyl (C=O) groups is 1. The normalized spacial score (nSPS) is 10.9. The summed E-state index contributed by atoms with van der Waals surface area (Å²) >= 11 is 1.66. The van der Waals surface area contributed by atoms with Gasteiger partial charge in [0.2, 0.25) is 0 Å². The Balaban J connectivity index is 0.00000280. The number of nitrogens with zero attached hydrogens (tertiary/aromatic N) is 2. The number of furan rings is 1. The van der Waals surface area contributed by atoms with Crippen molar-refractivity contribution in [2.75, 3.05) is 12.4 Å². The molecule has 0 fully saturated rings. The molecule has 9 heteroatoms. The van der Waals surface area contributed by atoms with E-state index in [1.165, 1.54) is 11.1 Å². The number of aliphatic imine (C=N–C) groups is 1. The van der Waals surface area contributed by atoms with Gasteiger partial charge in [0.15, 0.2) is 11.7 Å². The number of nitrogens with one attached hydrogen (secondary N) is 3. The van der Waals surface area contributed by atoms with Crippen molar-refractivity contribution in [3.63, 3.8) is 0 Å². The summed E-state index contributed by atoms with van der Waals surface area (Å²) in [5.74, 6) is 0.690. The molecule has 2 heterocycles. The van der Waals surface area contributed by atoms with Crippen LogP contribution in [0.4, 0.5) is 5.69 Å². The highest BCUT2D eigenvalue weighted by Crippen LogP contribution is 2.13. The molecule has 1 amide bonds. The van der Waals surface area contributed by atoms with Gasteiger partial charge in [-0.1, -0.05) is 12.1 Å². The second-order valence-corrected chi connectivity index (χ2v) is 7.10. The summed E-state index contributed by atoms with van der Waals surface area (Å²) in [6, 6.07) is 10.9. The summed E-state index contributed by atoms with van der Waals surface area (Å²) < 4.78 is 5.10. The van der Waals surface area contributed by atoms with Gasteiger partial charge in [-0.15, -0.1) is 35.3 Å². The first kappa shape index (κ1) is 21.9. The molecule has 2 aromatic heterocycles. The molecule has 3 aromatic rings. The van der Waals surface area contributed by atoms with Crippen molar-refractivity contribution in [3.05, 3.63) is 70.1 Å².